The van der Waals surface area contributed by atoms with Gasteiger partial charge in [-0.2, -0.15) is 0 Å². The quantitative estimate of drug-likeness (QED) is 0.400. The van der Waals surface area contributed by atoms with Crippen molar-refractivity contribution in [3.05, 3.63) is 107 Å². The lowest BCUT2D eigenvalue weighted by Gasteiger charge is -2.26. The van der Waals surface area contributed by atoms with E-state index in [2.05, 4.69) is 0 Å². The second-order valence-corrected chi connectivity index (χ2v) is 6.87. The topological polar surface area (TPSA) is 57.6 Å². The SMILES string of the molecule is Cc1ccccc1C1/C(=C(/O)c2ccc(F)cc2)C(=O)C(=O)N1c1ccccc1. The Morgan fingerprint density at radius 2 is 1.52 bits per heavy atom. The van der Waals surface area contributed by atoms with Gasteiger partial charge in [-0.05, 0) is 54.4 Å². The van der Waals surface area contributed by atoms with Gasteiger partial charge in [-0.25, -0.2) is 4.39 Å². The van der Waals surface area contributed by atoms with E-state index in [1.54, 1.807) is 24.3 Å². The average molecular weight is 387 g/mol. The fourth-order valence-electron chi connectivity index (χ4n) is 3.64. The largest absolute Gasteiger partial charge is 0.507 e. The summed E-state index contributed by atoms with van der Waals surface area (Å²) in [5.74, 6) is -2.27. The first-order valence-corrected chi connectivity index (χ1v) is 9.16. The van der Waals surface area contributed by atoms with Gasteiger partial charge in [0.05, 0.1) is 11.6 Å². The second-order valence-electron chi connectivity index (χ2n) is 6.87. The first-order valence-electron chi connectivity index (χ1n) is 9.16. The van der Waals surface area contributed by atoms with E-state index in [9.17, 15) is 19.1 Å². The normalized spacial score (nSPS) is 18.3. The number of carbonyl (C=O) groups excluding carboxylic acids is 2. The molecule has 1 unspecified atom stereocenters. The minimum atomic E-state index is -0.788. The summed E-state index contributed by atoms with van der Waals surface area (Å²) < 4.78 is 13.3. The number of carbonyl (C=O) groups is 2. The van der Waals surface area contributed by atoms with Crippen molar-refractivity contribution in [2.24, 2.45) is 0 Å². The maximum absolute atomic E-state index is 13.3. The maximum Gasteiger partial charge on any atom is 0.300 e. The molecule has 1 heterocycles. The molecule has 144 valence electrons. The summed E-state index contributed by atoms with van der Waals surface area (Å²) in [6.45, 7) is 1.89. The van der Waals surface area contributed by atoms with E-state index in [1.807, 2.05) is 37.3 Å². The highest BCUT2D eigenvalue weighted by atomic mass is 19.1. The Morgan fingerprint density at radius 3 is 2.17 bits per heavy atom. The van der Waals surface area contributed by atoms with Crippen LogP contribution in [-0.2, 0) is 9.59 Å². The summed E-state index contributed by atoms with van der Waals surface area (Å²) in [5, 5.41) is 10.9. The van der Waals surface area contributed by atoms with Crippen LogP contribution >= 0.6 is 0 Å². The van der Waals surface area contributed by atoms with Crippen molar-refractivity contribution in [1.82, 2.24) is 0 Å². The van der Waals surface area contributed by atoms with Crippen LogP contribution in [-0.4, -0.2) is 16.8 Å². The van der Waals surface area contributed by atoms with E-state index >= 15 is 0 Å². The van der Waals surface area contributed by atoms with Crippen molar-refractivity contribution in [3.63, 3.8) is 0 Å². The molecule has 1 aliphatic heterocycles. The molecular weight excluding hydrogens is 369 g/mol. The van der Waals surface area contributed by atoms with Gasteiger partial charge in [0.25, 0.3) is 11.7 Å². The molecule has 3 aromatic rings. The van der Waals surface area contributed by atoms with Gasteiger partial charge in [0.1, 0.15) is 11.6 Å². The van der Waals surface area contributed by atoms with E-state index in [0.717, 1.165) is 11.1 Å². The van der Waals surface area contributed by atoms with Crippen LogP contribution < -0.4 is 4.90 Å². The zero-order valence-electron chi connectivity index (χ0n) is 15.7. The fourth-order valence-corrected chi connectivity index (χ4v) is 3.64. The smallest absolute Gasteiger partial charge is 0.300 e. The standard InChI is InChI=1S/C24H18FNO3/c1-15-7-5-6-10-19(15)21-20(22(27)16-11-13-17(25)14-12-16)23(28)24(29)26(21)18-8-3-2-4-9-18/h2-14,21,27H,1H3/b22-20-. The lowest BCUT2D eigenvalue weighted by atomic mass is 9.92. The van der Waals surface area contributed by atoms with Gasteiger partial charge in [-0.3, -0.25) is 14.5 Å². The fraction of sp³-hybridized carbons (Fsp3) is 0.0833. The predicted octanol–water partition coefficient (Wildman–Crippen LogP) is 4.76. The van der Waals surface area contributed by atoms with Gasteiger partial charge < -0.3 is 5.11 Å². The molecule has 0 saturated carbocycles. The summed E-state index contributed by atoms with van der Waals surface area (Å²) in [5.41, 5.74) is 2.43. The molecule has 0 aliphatic carbocycles. The molecular formula is C24H18FNO3. The zero-order valence-corrected chi connectivity index (χ0v) is 15.7. The van der Waals surface area contributed by atoms with E-state index in [4.69, 9.17) is 0 Å². The minimum absolute atomic E-state index is 0.0141. The van der Waals surface area contributed by atoms with Crippen molar-refractivity contribution < 1.29 is 19.1 Å². The second kappa shape index (κ2) is 7.36. The minimum Gasteiger partial charge on any atom is -0.507 e. The Bertz CT molecular complexity index is 1120. The zero-order chi connectivity index (χ0) is 20.5. The summed E-state index contributed by atoms with van der Waals surface area (Å²) in [6.07, 6.45) is 0. The molecule has 0 bridgehead atoms. The monoisotopic (exact) mass is 387 g/mol. The summed E-state index contributed by atoms with van der Waals surface area (Å²) in [4.78, 5) is 27.4. The lowest BCUT2D eigenvalue weighted by molar-refractivity contribution is -0.132. The first-order chi connectivity index (χ1) is 14.0. The van der Waals surface area contributed by atoms with Crippen LogP contribution in [0.2, 0.25) is 0 Å². The van der Waals surface area contributed by atoms with Crippen molar-refractivity contribution in [1.29, 1.82) is 0 Å². The summed E-state index contributed by atoms with van der Waals surface area (Å²) >= 11 is 0. The van der Waals surface area contributed by atoms with Crippen molar-refractivity contribution in [2.45, 2.75) is 13.0 Å². The van der Waals surface area contributed by atoms with Crippen LogP contribution in [0.1, 0.15) is 22.7 Å². The third kappa shape index (κ3) is 3.21. The number of hydrogen-bond acceptors (Lipinski definition) is 3. The Hall–Kier alpha value is -3.73. The highest BCUT2D eigenvalue weighted by Crippen LogP contribution is 2.42. The van der Waals surface area contributed by atoms with E-state index in [0.29, 0.717) is 5.69 Å². The molecule has 29 heavy (non-hydrogen) atoms. The summed E-state index contributed by atoms with van der Waals surface area (Å²) in [7, 11) is 0. The number of aliphatic hydroxyl groups is 1. The number of halogens is 1. The first kappa shape index (κ1) is 18.6. The number of anilines is 1. The molecule has 1 fully saturated rings. The van der Waals surface area contributed by atoms with Gasteiger partial charge in [0.2, 0.25) is 0 Å². The van der Waals surface area contributed by atoms with Gasteiger partial charge >= 0.3 is 0 Å². The molecule has 4 rings (SSSR count). The van der Waals surface area contributed by atoms with E-state index < -0.39 is 23.5 Å². The molecule has 1 N–H and O–H groups in total. The van der Waals surface area contributed by atoms with Crippen molar-refractivity contribution in [3.8, 4) is 0 Å². The third-order valence-corrected chi connectivity index (χ3v) is 5.08. The van der Waals surface area contributed by atoms with Crippen LogP contribution in [0.3, 0.4) is 0 Å². The summed E-state index contributed by atoms with van der Waals surface area (Å²) in [6, 6.07) is 20.7. The van der Waals surface area contributed by atoms with Crippen LogP contribution in [0.25, 0.3) is 5.76 Å². The number of aliphatic hydroxyl groups excluding tert-OH is 1. The maximum atomic E-state index is 13.3. The third-order valence-electron chi connectivity index (χ3n) is 5.08. The molecule has 1 amide bonds. The molecule has 1 saturated heterocycles. The number of aryl methyl sites for hydroxylation is 1. The number of hydrogen-bond donors (Lipinski definition) is 1. The Balaban J connectivity index is 1.97. The van der Waals surface area contributed by atoms with Crippen molar-refractivity contribution in [2.75, 3.05) is 4.90 Å². The number of benzene rings is 3. The van der Waals surface area contributed by atoms with Crippen LogP contribution in [0.5, 0.6) is 0 Å². The number of rotatable bonds is 3. The van der Waals surface area contributed by atoms with Crippen LogP contribution in [0.4, 0.5) is 10.1 Å². The van der Waals surface area contributed by atoms with Crippen molar-refractivity contribution >= 4 is 23.1 Å². The Kier molecular flexibility index (Phi) is 4.72. The number of Topliss-reactive ketones (excluding diaryl/α,β-unsaturated/α-hetero) is 1. The molecule has 1 atom stereocenters. The van der Waals surface area contributed by atoms with Gasteiger partial charge in [-0.15, -0.1) is 0 Å². The number of nitrogens with zero attached hydrogens (tertiary/aromatic N) is 1. The van der Waals surface area contributed by atoms with E-state index in [-0.39, 0.29) is 16.9 Å². The average Bonchev–Trinajstić information content (AvgIpc) is 3.00. The molecule has 4 nitrogen and oxygen atoms in total. The Labute approximate surface area is 167 Å². The molecule has 0 radical (unpaired) electrons. The van der Waals surface area contributed by atoms with Crippen LogP contribution in [0, 0.1) is 12.7 Å². The molecule has 1 aliphatic rings. The highest BCUT2D eigenvalue weighted by molar-refractivity contribution is 6.51. The molecule has 3 aromatic carbocycles. The number of para-hydroxylation sites is 1. The number of amides is 1. The lowest BCUT2D eigenvalue weighted by Crippen LogP contribution is -2.29. The highest BCUT2D eigenvalue weighted by Gasteiger charge is 2.47. The molecule has 5 heteroatoms. The van der Waals surface area contributed by atoms with E-state index in [1.165, 1.54) is 29.2 Å². The van der Waals surface area contributed by atoms with Gasteiger partial charge in [0, 0.05) is 11.3 Å². The Morgan fingerprint density at radius 1 is 0.897 bits per heavy atom. The molecule has 0 aromatic heterocycles. The number of ketones is 1. The predicted molar refractivity (Wildman–Crippen MR) is 109 cm³/mol. The van der Waals surface area contributed by atoms with Gasteiger partial charge in [-0.1, -0.05) is 42.5 Å². The molecule has 0 spiro atoms. The van der Waals surface area contributed by atoms with Crippen LogP contribution in [0.15, 0.2) is 84.4 Å². The van der Waals surface area contributed by atoms with Gasteiger partial charge in [0.15, 0.2) is 0 Å².